The topological polar surface area (TPSA) is 30.3 Å². The number of morpholine rings is 1. The number of fused-ring (bicyclic) bond motifs is 1. The van der Waals surface area contributed by atoms with E-state index < -0.39 is 0 Å². The molecule has 0 N–H and O–H groups in total. The van der Waals surface area contributed by atoms with Crippen LogP contribution in [0.4, 0.5) is 0 Å². The number of alkyl halides is 1. The number of ether oxygens (including phenoxy) is 1. The van der Waals surface area contributed by atoms with Gasteiger partial charge in [0.1, 0.15) is 5.82 Å². The molecule has 0 amide bonds. The van der Waals surface area contributed by atoms with Crippen molar-refractivity contribution in [3.05, 3.63) is 29.0 Å². The number of halogens is 2. The molecule has 1 fully saturated rings. The number of hydrogen-bond acceptors (Lipinski definition) is 3. The van der Waals surface area contributed by atoms with Gasteiger partial charge in [-0.25, -0.2) is 4.98 Å². The highest BCUT2D eigenvalue weighted by Crippen LogP contribution is 2.29. The zero-order chi connectivity index (χ0) is 14.8. The molecule has 2 aromatic rings. The number of rotatable bonds is 4. The fourth-order valence-corrected chi connectivity index (χ4v) is 3.19. The van der Waals surface area contributed by atoms with Crippen LogP contribution in [0, 0.1) is 0 Å². The maximum atomic E-state index is 6.36. The van der Waals surface area contributed by atoms with Crippen LogP contribution in [0.5, 0.6) is 0 Å². The van der Waals surface area contributed by atoms with Crippen LogP contribution >= 0.6 is 23.2 Å². The predicted octanol–water partition coefficient (Wildman–Crippen LogP) is 3.32. The van der Waals surface area contributed by atoms with Crippen molar-refractivity contribution in [1.29, 1.82) is 0 Å². The van der Waals surface area contributed by atoms with Crippen molar-refractivity contribution in [2.75, 3.05) is 32.8 Å². The van der Waals surface area contributed by atoms with Gasteiger partial charge in [-0.2, -0.15) is 0 Å². The molecule has 1 unspecified atom stereocenters. The second-order valence-electron chi connectivity index (χ2n) is 5.30. The third-order valence-corrected chi connectivity index (χ3v) is 4.35. The number of nitrogens with zero attached hydrogens (tertiary/aromatic N) is 3. The lowest BCUT2D eigenvalue weighted by atomic mass is 10.3. The standard InChI is InChI=1S/C15H19Cl2N3O/c1-11(16)15-18-13-4-2-3-12(17)14(13)20(15)6-5-19-7-9-21-10-8-19/h2-4,11H,5-10H2,1H3. The Hall–Kier alpha value is -0.810. The smallest absolute Gasteiger partial charge is 0.127 e. The summed E-state index contributed by atoms with van der Waals surface area (Å²) >= 11 is 12.7. The summed E-state index contributed by atoms with van der Waals surface area (Å²) in [6, 6.07) is 5.81. The molecule has 0 saturated carbocycles. The summed E-state index contributed by atoms with van der Waals surface area (Å²) in [5.74, 6) is 0.882. The number of imidazole rings is 1. The summed E-state index contributed by atoms with van der Waals surface area (Å²) in [7, 11) is 0. The van der Waals surface area contributed by atoms with Crippen molar-refractivity contribution in [3.8, 4) is 0 Å². The van der Waals surface area contributed by atoms with Gasteiger partial charge in [0, 0.05) is 26.2 Å². The van der Waals surface area contributed by atoms with Crippen LogP contribution in [-0.2, 0) is 11.3 Å². The molecule has 4 nitrogen and oxygen atoms in total. The van der Waals surface area contributed by atoms with Crippen LogP contribution in [0.15, 0.2) is 18.2 Å². The first-order chi connectivity index (χ1) is 10.2. The quantitative estimate of drug-likeness (QED) is 0.807. The fraction of sp³-hybridized carbons (Fsp3) is 0.533. The Morgan fingerprint density at radius 3 is 2.76 bits per heavy atom. The van der Waals surface area contributed by atoms with Crippen LogP contribution in [0.25, 0.3) is 11.0 Å². The van der Waals surface area contributed by atoms with E-state index in [1.54, 1.807) is 0 Å². The zero-order valence-corrected chi connectivity index (χ0v) is 13.6. The molecule has 21 heavy (non-hydrogen) atoms. The number of benzene rings is 1. The second kappa shape index (κ2) is 6.53. The molecule has 0 aliphatic carbocycles. The van der Waals surface area contributed by atoms with Gasteiger partial charge in [-0.05, 0) is 19.1 Å². The minimum atomic E-state index is -0.141. The maximum absolute atomic E-state index is 6.36. The van der Waals surface area contributed by atoms with E-state index in [4.69, 9.17) is 27.9 Å². The molecule has 0 radical (unpaired) electrons. The normalized spacial score (nSPS) is 18.2. The third-order valence-electron chi connectivity index (χ3n) is 3.85. The lowest BCUT2D eigenvalue weighted by Crippen LogP contribution is -2.38. The summed E-state index contributed by atoms with van der Waals surface area (Å²) in [4.78, 5) is 7.04. The van der Waals surface area contributed by atoms with E-state index >= 15 is 0 Å². The molecule has 1 aliphatic rings. The Balaban J connectivity index is 1.89. The highest BCUT2D eigenvalue weighted by atomic mass is 35.5. The summed E-state index contributed by atoms with van der Waals surface area (Å²) in [6.07, 6.45) is 0. The van der Waals surface area contributed by atoms with Gasteiger partial charge in [0.15, 0.2) is 0 Å². The van der Waals surface area contributed by atoms with Crippen molar-refractivity contribution >= 4 is 34.2 Å². The Morgan fingerprint density at radius 2 is 2.05 bits per heavy atom. The minimum absolute atomic E-state index is 0.141. The van der Waals surface area contributed by atoms with Crippen molar-refractivity contribution < 1.29 is 4.74 Å². The van der Waals surface area contributed by atoms with Crippen molar-refractivity contribution in [1.82, 2.24) is 14.5 Å². The first-order valence-electron chi connectivity index (χ1n) is 7.25. The summed E-state index contributed by atoms with van der Waals surface area (Å²) in [5.41, 5.74) is 1.89. The third kappa shape index (κ3) is 3.19. The molecular formula is C15H19Cl2N3O. The Kier molecular flexibility index (Phi) is 4.69. The van der Waals surface area contributed by atoms with E-state index in [9.17, 15) is 0 Å². The molecule has 2 heterocycles. The molecule has 0 spiro atoms. The number of aromatic nitrogens is 2. The van der Waals surface area contributed by atoms with E-state index in [0.717, 1.165) is 61.3 Å². The SMILES string of the molecule is CC(Cl)c1nc2cccc(Cl)c2n1CCN1CCOCC1. The lowest BCUT2D eigenvalue weighted by molar-refractivity contribution is 0.0364. The van der Waals surface area contributed by atoms with Gasteiger partial charge >= 0.3 is 0 Å². The monoisotopic (exact) mass is 327 g/mol. The average Bonchev–Trinajstić information content (AvgIpc) is 2.86. The van der Waals surface area contributed by atoms with Crippen LogP contribution < -0.4 is 0 Å². The second-order valence-corrected chi connectivity index (χ2v) is 6.36. The van der Waals surface area contributed by atoms with Gasteiger partial charge in [-0.1, -0.05) is 17.7 Å². The van der Waals surface area contributed by atoms with Gasteiger partial charge in [-0.3, -0.25) is 4.90 Å². The van der Waals surface area contributed by atoms with Gasteiger partial charge in [0.25, 0.3) is 0 Å². The Bertz CT molecular complexity index is 621. The van der Waals surface area contributed by atoms with Gasteiger partial charge < -0.3 is 9.30 Å². The van der Waals surface area contributed by atoms with Crippen LogP contribution in [0.2, 0.25) is 5.02 Å². The highest BCUT2D eigenvalue weighted by Gasteiger charge is 2.18. The van der Waals surface area contributed by atoms with Gasteiger partial charge in [0.2, 0.25) is 0 Å². The maximum Gasteiger partial charge on any atom is 0.127 e. The van der Waals surface area contributed by atoms with Crippen LogP contribution in [-0.4, -0.2) is 47.3 Å². The first kappa shape index (κ1) is 15.1. The van der Waals surface area contributed by atoms with E-state index in [0.29, 0.717) is 0 Å². The van der Waals surface area contributed by atoms with Crippen LogP contribution in [0.3, 0.4) is 0 Å². The average molecular weight is 328 g/mol. The van der Waals surface area contributed by atoms with Gasteiger partial charge in [-0.15, -0.1) is 11.6 Å². The van der Waals surface area contributed by atoms with Gasteiger partial charge in [0.05, 0.1) is 34.6 Å². The largest absolute Gasteiger partial charge is 0.379 e. The molecule has 1 aliphatic heterocycles. The fourth-order valence-electron chi connectivity index (χ4n) is 2.76. The Morgan fingerprint density at radius 1 is 1.29 bits per heavy atom. The summed E-state index contributed by atoms with van der Waals surface area (Å²) < 4.78 is 7.54. The van der Waals surface area contributed by atoms with E-state index in [2.05, 4.69) is 14.5 Å². The number of hydrogen-bond donors (Lipinski definition) is 0. The minimum Gasteiger partial charge on any atom is -0.379 e. The van der Waals surface area contributed by atoms with E-state index in [1.807, 2.05) is 25.1 Å². The molecule has 1 aromatic heterocycles. The molecule has 1 saturated heterocycles. The molecular weight excluding hydrogens is 309 g/mol. The van der Waals surface area contributed by atoms with Crippen LogP contribution in [0.1, 0.15) is 18.1 Å². The highest BCUT2D eigenvalue weighted by molar-refractivity contribution is 6.35. The molecule has 114 valence electrons. The molecule has 1 atom stereocenters. The lowest BCUT2D eigenvalue weighted by Gasteiger charge is -2.27. The van der Waals surface area contributed by atoms with Crippen molar-refractivity contribution in [3.63, 3.8) is 0 Å². The summed E-state index contributed by atoms with van der Waals surface area (Å²) in [6.45, 7) is 7.32. The first-order valence-corrected chi connectivity index (χ1v) is 8.07. The van der Waals surface area contributed by atoms with E-state index in [1.165, 1.54) is 0 Å². The number of para-hydroxylation sites is 1. The Labute approximate surface area is 134 Å². The molecule has 0 bridgehead atoms. The molecule has 6 heteroatoms. The zero-order valence-electron chi connectivity index (χ0n) is 12.1. The van der Waals surface area contributed by atoms with Crippen molar-refractivity contribution in [2.45, 2.75) is 18.8 Å². The molecule has 3 rings (SSSR count). The van der Waals surface area contributed by atoms with Crippen molar-refractivity contribution in [2.24, 2.45) is 0 Å². The predicted molar refractivity (Wildman–Crippen MR) is 86.3 cm³/mol. The van der Waals surface area contributed by atoms with E-state index in [-0.39, 0.29) is 5.38 Å². The summed E-state index contributed by atoms with van der Waals surface area (Å²) in [5, 5.41) is 0.587. The molecule has 1 aromatic carbocycles.